The highest BCUT2D eigenvalue weighted by Gasteiger charge is 2.17. The Morgan fingerprint density at radius 3 is 2.83 bits per heavy atom. The molecule has 3 aromatic rings. The average Bonchev–Trinajstić information content (AvgIpc) is 3.40. The molecule has 0 aliphatic carbocycles. The third-order valence-corrected chi connectivity index (χ3v) is 4.91. The Hall–Kier alpha value is -4.04. The number of ether oxygens (including phenoxy) is 1. The van der Waals surface area contributed by atoms with Crippen LogP contribution in [0.1, 0.15) is 17.7 Å². The molecule has 30 heavy (non-hydrogen) atoms. The van der Waals surface area contributed by atoms with E-state index in [4.69, 9.17) is 9.15 Å². The van der Waals surface area contributed by atoms with Crippen molar-refractivity contribution in [2.45, 2.75) is 13.3 Å². The zero-order valence-electron chi connectivity index (χ0n) is 15.9. The molecule has 1 aromatic carbocycles. The minimum atomic E-state index is -0.637. The Morgan fingerprint density at radius 1 is 1.40 bits per heavy atom. The number of nitro benzene ring substituents is 1. The number of hydrogen-bond acceptors (Lipinski definition) is 9. The fraction of sp³-hybridized carbons (Fsp3) is 0.158. The van der Waals surface area contributed by atoms with E-state index in [1.54, 1.807) is 12.1 Å². The van der Waals surface area contributed by atoms with E-state index < -0.39 is 10.8 Å². The lowest BCUT2D eigenvalue weighted by atomic mass is 10.1. The SMILES string of the molecule is CCc1nnc(NC(=O)/C(C#N)=C\c2ccc(-c3ccc([N+](=O)[O-])cc3OC)o2)s1. The van der Waals surface area contributed by atoms with Gasteiger partial charge in [-0.1, -0.05) is 18.3 Å². The number of nitrogens with zero attached hydrogens (tertiary/aromatic N) is 4. The van der Waals surface area contributed by atoms with Gasteiger partial charge in [-0.05, 0) is 24.6 Å². The van der Waals surface area contributed by atoms with Crippen LogP contribution in [0.25, 0.3) is 17.4 Å². The Bertz CT molecular complexity index is 1170. The van der Waals surface area contributed by atoms with Crippen LogP contribution in [0, 0.1) is 21.4 Å². The maximum Gasteiger partial charge on any atom is 0.273 e. The van der Waals surface area contributed by atoms with E-state index in [9.17, 15) is 20.2 Å². The molecule has 0 aliphatic heterocycles. The lowest BCUT2D eigenvalue weighted by molar-refractivity contribution is -0.384. The van der Waals surface area contributed by atoms with Crippen molar-refractivity contribution in [2.75, 3.05) is 12.4 Å². The monoisotopic (exact) mass is 425 g/mol. The summed E-state index contributed by atoms with van der Waals surface area (Å²) in [4.78, 5) is 22.7. The first kappa shape index (κ1) is 20.7. The summed E-state index contributed by atoms with van der Waals surface area (Å²) in [5.41, 5.74) is 0.195. The van der Waals surface area contributed by atoms with E-state index in [2.05, 4.69) is 15.5 Å². The largest absolute Gasteiger partial charge is 0.496 e. The van der Waals surface area contributed by atoms with Gasteiger partial charge in [0.15, 0.2) is 0 Å². The quantitative estimate of drug-likeness (QED) is 0.260. The Labute approximate surface area is 174 Å². The smallest absolute Gasteiger partial charge is 0.273 e. The summed E-state index contributed by atoms with van der Waals surface area (Å²) in [7, 11) is 1.39. The van der Waals surface area contributed by atoms with E-state index in [0.29, 0.717) is 22.9 Å². The van der Waals surface area contributed by atoms with Gasteiger partial charge in [-0.25, -0.2) is 0 Å². The van der Waals surface area contributed by atoms with Crippen LogP contribution >= 0.6 is 11.3 Å². The third kappa shape index (κ3) is 4.50. The standard InChI is InChI=1S/C19H15N5O5S/c1-3-17-22-23-19(30-17)21-18(25)11(10-20)8-13-5-7-15(29-13)14-6-4-12(24(26)27)9-16(14)28-2/h4-9H,3H2,1-2H3,(H,21,23,25)/b11-8-. The summed E-state index contributed by atoms with van der Waals surface area (Å²) in [5, 5.41) is 31.6. The molecule has 10 nitrogen and oxygen atoms in total. The number of aryl methyl sites for hydroxylation is 1. The molecule has 0 bridgehead atoms. The van der Waals surface area contributed by atoms with Crippen molar-refractivity contribution in [3.05, 3.63) is 56.8 Å². The van der Waals surface area contributed by atoms with Gasteiger partial charge in [0, 0.05) is 12.1 Å². The molecule has 1 amide bonds. The second kappa shape index (κ2) is 8.97. The van der Waals surface area contributed by atoms with Gasteiger partial charge in [0.1, 0.15) is 33.9 Å². The number of furan rings is 1. The van der Waals surface area contributed by atoms with Crippen molar-refractivity contribution in [1.29, 1.82) is 5.26 Å². The molecule has 152 valence electrons. The maximum absolute atomic E-state index is 12.3. The molecule has 0 saturated heterocycles. The van der Waals surface area contributed by atoms with Crippen LogP contribution in [0.5, 0.6) is 5.75 Å². The number of rotatable bonds is 7. The first-order chi connectivity index (χ1) is 14.4. The molecule has 0 saturated carbocycles. The lowest BCUT2D eigenvalue weighted by Crippen LogP contribution is -2.13. The topological polar surface area (TPSA) is 144 Å². The predicted molar refractivity (Wildman–Crippen MR) is 109 cm³/mol. The van der Waals surface area contributed by atoms with Crippen LogP contribution < -0.4 is 10.1 Å². The zero-order chi connectivity index (χ0) is 21.7. The zero-order valence-corrected chi connectivity index (χ0v) is 16.7. The van der Waals surface area contributed by atoms with Crippen molar-refractivity contribution in [3.63, 3.8) is 0 Å². The molecule has 2 heterocycles. The van der Waals surface area contributed by atoms with Gasteiger partial charge in [0.2, 0.25) is 5.13 Å². The normalized spacial score (nSPS) is 11.0. The van der Waals surface area contributed by atoms with Crippen molar-refractivity contribution in [3.8, 4) is 23.1 Å². The molecule has 0 aliphatic rings. The van der Waals surface area contributed by atoms with Gasteiger partial charge >= 0.3 is 0 Å². The number of non-ortho nitro benzene ring substituents is 1. The van der Waals surface area contributed by atoms with Gasteiger partial charge in [-0.2, -0.15) is 5.26 Å². The first-order valence-corrected chi connectivity index (χ1v) is 9.45. The Morgan fingerprint density at radius 2 is 2.20 bits per heavy atom. The molecule has 3 rings (SSSR count). The van der Waals surface area contributed by atoms with Crippen LogP contribution in [-0.4, -0.2) is 28.1 Å². The van der Waals surface area contributed by atoms with Gasteiger partial charge < -0.3 is 9.15 Å². The second-order valence-corrected chi connectivity index (χ2v) is 6.88. The summed E-state index contributed by atoms with van der Waals surface area (Å²) in [6, 6.07) is 9.13. The van der Waals surface area contributed by atoms with Gasteiger partial charge in [0.05, 0.1) is 23.7 Å². The predicted octanol–water partition coefficient (Wildman–Crippen LogP) is 3.82. The van der Waals surface area contributed by atoms with Crippen molar-refractivity contribution >= 4 is 34.1 Å². The minimum Gasteiger partial charge on any atom is -0.496 e. The van der Waals surface area contributed by atoms with Gasteiger partial charge in [-0.3, -0.25) is 20.2 Å². The van der Waals surface area contributed by atoms with E-state index in [-0.39, 0.29) is 22.8 Å². The molecule has 0 fully saturated rings. The molecule has 0 unspecified atom stereocenters. The lowest BCUT2D eigenvalue weighted by Gasteiger charge is -2.05. The number of amides is 1. The number of nitriles is 1. The first-order valence-electron chi connectivity index (χ1n) is 8.63. The van der Waals surface area contributed by atoms with Crippen LogP contribution in [0.3, 0.4) is 0 Å². The van der Waals surface area contributed by atoms with Crippen molar-refractivity contribution < 1.29 is 18.9 Å². The Balaban J connectivity index is 1.84. The number of carbonyl (C=O) groups excluding carboxylic acids is 1. The van der Waals surface area contributed by atoms with Gasteiger partial charge in [-0.15, -0.1) is 10.2 Å². The summed E-state index contributed by atoms with van der Waals surface area (Å²) >= 11 is 1.23. The number of hydrogen-bond donors (Lipinski definition) is 1. The fourth-order valence-corrected chi connectivity index (χ4v) is 3.15. The fourth-order valence-electron chi connectivity index (χ4n) is 2.47. The Kier molecular flexibility index (Phi) is 6.19. The van der Waals surface area contributed by atoms with Crippen LogP contribution in [0.4, 0.5) is 10.8 Å². The molecular formula is C19H15N5O5S. The minimum absolute atomic E-state index is 0.117. The number of benzene rings is 1. The van der Waals surface area contributed by atoms with E-state index in [0.717, 1.165) is 5.01 Å². The average molecular weight is 425 g/mol. The van der Waals surface area contributed by atoms with E-state index in [1.165, 1.54) is 42.7 Å². The van der Waals surface area contributed by atoms with E-state index >= 15 is 0 Å². The van der Waals surface area contributed by atoms with Crippen molar-refractivity contribution in [2.24, 2.45) is 0 Å². The molecular weight excluding hydrogens is 410 g/mol. The number of aromatic nitrogens is 2. The van der Waals surface area contributed by atoms with Crippen LogP contribution in [0.15, 0.2) is 40.3 Å². The molecule has 1 N–H and O–H groups in total. The summed E-state index contributed by atoms with van der Waals surface area (Å²) in [6.07, 6.45) is 1.98. The number of nitrogens with one attached hydrogen (secondary N) is 1. The van der Waals surface area contributed by atoms with Crippen LogP contribution in [-0.2, 0) is 11.2 Å². The summed E-state index contributed by atoms with van der Waals surface area (Å²) in [5.74, 6) is 0.239. The highest BCUT2D eigenvalue weighted by molar-refractivity contribution is 7.15. The molecule has 0 spiro atoms. The summed E-state index contributed by atoms with van der Waals surface area (Å²) in [6.45, 7) is 1.92. The maximum atomic E-state index is 12.3. The molecule has 11 heteroatoms. The highest BCUT2D eigenvalue weighted by atomic mass is 32.1. The molecule has 2 aromatic heterocycles. The molecule has 0 radical (unpaired) electrons. The van der Waals surface area contributed by atoms with E-state index in [1.807, 2.05) is 13.0 Å². The van der Waals surface area contributed by atoms with Crippen LogP contribution in [0.2, 0.25) is 0 Å². The van der Waals surface area contributed by atoms with Crippen molar-refractivity contribution in [1.82, 2.24) is 10.2 Å². The van der Waals surface area contributed by atoms with Gasteiger partial charge in [0.25, 0.3) is 11.6 Å². The summed E-state index contributed by atoms with van der Waals surface area (Å²) < 4.78 is 10.9. The number of nitro groups is 1. The number of methoxy groups -OCH3 is 1. The molecule has 0 atom stereocenters. The second-order valence-electron chi connectivity index (χ2n) is 5.82. The number of carbonyl (C=O) groups is 1. The number of anilines is 1. The highest BCUT2D eigenvalue weighted by Crippen LogP contribution is 2.34. The third-order valence-electron chi connectivity index (χ3n) is 3.93.